The molecular formula is C24H23FN4O4. The van der Waals surface area contributed by atoms with Crippen LogP contribution in [0.15, 0.2) is 57.7 Å². The molecule has 3 heterocycles. The molecule has 2 aromatic carbocycles. The lowest BCUT2D eigenvalue weighted by Crippen LogP contribution is -2.38. The summed E-state index contributed by atoms with van der Waals surface area (Å²) < 4.78 is 29.5. The molecule has 2 aromatic heterocycles. The van der Waals surface area contributed by atoms with Crippen LogP contribution in [0.25, 0.3) is 33.8 Å². The second-order valence-corrected chi connectivity index (χ2v) is 7.85. The maximum absolute atomic E-state index is 13.2. The van der Waals surface area contributed by atoms with Crippen LogP contribution in [0, 0.1) is 5.82 Å². The SMILES string of the molecule is O=C(NCCCN1CCOCC1)c1ccc2onc(-c3coc(-c4ccc(F)cc4)n3)c2c1. The first kappa shape index (κ1) is 21.3. The van der Waals surface area contributed by atoms with E-state index in [4.69, 9.17) is 13.7 Å². The summed E-state index contributed by atoms with van der Waals surface area (Å²) in [6, 6.07) is 11.0. The number of nitrogens with one attached hydrogen (secondary N) is 1. The molecule has 1 fully saturated rings. The Labute approximate surface area is 189 Å². The number of halogens is 1. The van der Waals surface area contributed by atoms with Crippen molar-refractivity contribution in [3.63, 3.8) is 0 Å². The zero-order valence-corrected chi connectivity index (χ0v) is 17.9. The van der Waals surface area contributed by atoms with Gasteiger partial charge in [-0.1, -0.05) is 5.16 Å². The van der Waals surface area contributed by atoms with E-state index in [0.29, 0.717) is 45.9 Å². The van der Waals surface area contributed by atoms with Crippen LogP contribution in [-0.4, -0.2) is 60.3 Å². The summed E-state index contributed by atoms with van der Waals surface area (Å²) in [7, 11) is 0. The van der Waals surface area contributed by atoms with Gasteiger partial charge in [-0.05, 0) is 55.4 Å². The van der Waals surface area contributed by atoms with E-state index in [1.54, 1.807) is 30.3 Å². The Morgan fingerprint density at radius 1 is 1.12 bits per heavy atom. The Bertz CT molecular complexity index is 1250. The molecule has 8 nitrogen and oxygen atoms in total. The molecule has 0 saturated carbocycles. The summed E-state index contributed by atoms with van der Waals surface area (Å²) >= 11 is 0. The van der Waals surface area contributed by atoms with Crippen molar-refractivity contribution >= 4 is 16.9 Å². The molecule has 1 aliphatic heterocycles. The lowest BCUT2D eigenvalue weighted by molar-refractivity contribution is 0.0374. The van der Waals surface area contributed by atoms with Crippen molar-refractivity contribution in [3.05, 3.63) is 60.1 Å². The fourth-order valence-corrected chi connectivity index (χ4v) is 3.80. The normalized spacial score (nSPS) is 14.6. The average Bonchev–Trinajstić information content (AvgIpc) is 3.49. The number of oxazole rings is 1. The van der Waals surface area contributed by atoms with Gasteiger partial charge in [0.1, 0.15) is 23.5 Å². The number of morpholine rings is 1. The van der Waals surface area contributed by atoms with Crippen LogP contribution in [0.4, 0.5) is 4.39 Å². The third-order valence-corrected chi connectivity index (χ3v) is 5.61. The maximum Gasteiger partial charge on any atom is 0.251 e. The second-order valence-electron chi connectivity index (χ2n) is 7.85. The number of aromatic nitrogens is 2. The van der Waals surface area contributed by atoms with Gasteiger partial charge < -0.3 is 19.0 Å². The molecule has 1 aliphatic rings. The van der Waals surface area contributed by atoms with Gasteiger partial charge in [0, 0.05) is 30.8 Å². The van der Waals surface area contributed by atoms with Gasteiger partial charge in [-0.15, -0.1) is 0 Å². The van der Waals surface area contributed by atoms with E-state index in [-0.39, 0.29) is 11.7 Å². The summed E-state index contributed by atoms with van der Waals surface area (Å²) in [6.45, 7) is 4.93. The molecule has 1 saturated heterocycles. The first-order chi connectivity index (χ1) is 16.2. The summed E-state index contributed by atoms with van der Waals surface area (Å²) in [5.74, 6) is -0.145. The lowest BCUT2D eigenvalue weighted by Gasteiger charge is -2.26. The van der Waals surface area contributed by atoms with Crippen molar-refractivity contribution in [2.45, 2.75) is 6.42 Å². The van der Waals surface area contributed by atoms with Crippen molar-refractivity contribution in [3.8, 4) is 22.8 Å². The molecule has 0 aliphatic carbocycles. The van der Waals surface area contributed by atoms with Gasteiger partial charge in [-0.3, -0.25) is 9.69 Å². The first-order valence-corrected chi connectivity index (χ1v) is 10.9. The van der Waals surface area contributed by atoms with Crippen LogP contribution in [0.2, 0.25) is 0 Å². The van der Waals surface area contributed by atoms with Gasteiger partial charge >= 0.3 is 0 Å². The van der Waals surface area contributed by atoms with Crippen molar-refractivity contribution in [2.75, 3.05) is 39.4 Å². The minimum absolute atomic E-state index is 0.154. The Morgan fingerprint density at radius 2 is 1.94 bits per heavy atom. The van der Waals surface area contributed by atoms with Gasteiger partial charge in [0.25, 0.3) is 5.91 Å². The van der Waals surface area contributed by atoms with Crippen LogP contribution in [0.1, 0.15) is 16.8 Å². The largest absolute Gasteiger partial charge is 0.444 e. The predicted molar refractivity (Wildman–Crippen MR) is 119 cm³/mol. The van der Waals surface area contributed by atoms with Crippen LogP contribution in [0.3, 0.4) is 0 Å². The van der Waals surface area contributed by atoms with Gasteiger partial charge in [0.05, 0.1) is 18.6 Å². The number of hydrogen-bond donors (Lipinski definition) is 1. The molecule has 0 bridgehead atoms. The summed E-state index contributed by atoms with van der Waals surface area (Å²) in [5.41, 5.74) is 2.65. The van der Waals surface area contributed by atoms with Gasteiger partial charge in [0.15, 0.2) is 5.58 Å². The third-order valence-electron chi connectivity index (χ3n) is 5.61. The quantitative estimate of drug-likeness (QED) is 0.429. The Kier molecular flexibility index (Phi) is 6.14. The number of fused-ring (bicyclic) bond motifs is 1. The highest BCUT2D eigenvalue weighted by atomic mass is 19.1. The minimum Gasteiger partial charge on any atom is -0.444 e. The lowest BCUT2D eigenvalue weighted by atomic mass is 10.1. The molecule has 0 spiro atoms. The van der Waals surface area contributed by atoms with E-state index in [9.17, 15) is 9.18 Å². The molecule has 5 rings (SSSR count). The number of benzene rings is 2. The molecule has 0 radical (unpaired) electrons. The average molecular weight is 450 g/mol. The predicted octanol–water partition coefficient (Wildman–Crippen LogP) is 3.74. The molecule has 4 aromatic rings. The fraction of sp³-hybridized carbons (Fsp3) is 0.292. The molecule has 33 heavy (non-hydrogen) atoms. The summed E-state index contributed by atoms with van der Waals surface area (Å²) in [6.07, 6.45) is 2.34. The van der Waals surface area contributed by atoms with Gasteiger partial charge in [-0.25, -0.2) is 9.37 Å². The molecule has 1 N–H and O–H groups in total. The highest BCUT2D eigenvalue weighted by molar-refractivity contribution is 6.00. The zero-order chi connectivity index (χ0) is 22.6. The fourth-order valence-electron chi connectivity index (χ4n) is 3.80. The number of amides is 1. The Balaban J connectivity index is 1.27. The standard InChI is InChI=1S/C24H23FN4O4/c25-18-5-2-16(3-6-18)24-27-20(15-32-24)22-19-14-17(4-7-21(19)33-28-22)23(30)26-8-1-9-29-10-12-31-13-11-29/h2-7,14-15H,1,8-13H2,(H,26,30). The first-order valence-electron chi connectivity index (χ1n) is 10.9. The molecule has 9 heteroatoms. The highest BCUT2D eigenvalue weighted by Gasteiger charge is 2.18. The van der Waals surface area contributed by atoms with E-state index in [1.165, 1.54) is 18.4 Å². The Morgan fingerprint density at radius 3 is 2.76 bits per heavy atom. The molecule has 0 atom stereocenters. The number of ether oxygens (including phenoxy) is 1. The van der Waals surface area contributed by atoms with E-state index >= 15 is 0 Å². The molecule has 170 valence electrons. The van der Waals surface area contributed by atoms with Gasteiger partial charge in [-0.2, -0.15) is 0 Å². The van der Waals surface area contributed by atoms with Crippen LogP contribution >= 0.6 is 0 Å². The van der Waals surface area contributed by atoms with E-state index < -0.39 is 0 Å². The second kappa shape index (κ2) is 9.51. The van der Waals surface area contributed by atoms with E-state index in [0.717, 1.165) is 39.3 Å². The molecule has 0 unspecified atom stereocenters. The smallest absolute Gasteiger partial charge is 0.251 e. The third kappa shape index (κ3) is 4.79. The number of carbonyl (C=O) groups excluding carboxylic acids is 1. The number of nitrogens with zero attached hydrogens (tertiary/aromatic N) is 3. The number of carbonyl (C=O) groups is 1. The van der Waals surface area contributed by atoms with Crippen LogP contribution < -0.4 is 5.32 Å². The van der Waals surface area contributed by atoms with E-state index in [2.05, 4.69) is 20.4 Å². The Hall–Kier alpha value is -3.56. The maximum atomic E-state index is 13.2. The molecular weight excluding hydrogens is 427 g/mol. The minimum atomic E-state index is -0.333. The van der Waals surface area contributed by atoms with Crippen molar-refractivity contribution in [1.29, 1.82) is 0 Å². The van der Waals surface area contributed by atoms with Crippen molar-refractivity contribution in [2.24, 2.45) is 0 Å². The van der Waals surface area contributed by atoms with E-state index in [1.807, 2.05) is 0 Å². The highest BCUT2D eigenvalue weighted by Crippen LogP contribution is 2.30. The monoisotopic (exact) mass is 450 g/mol. The summed E-state index contributed by atoms with van der Waals surface area (Å²) in [5, 5.41) is 7.74. The zero-order valence-electron chi connectivity index (χ0n) is 17.9. The van der Waals surface area contributed by atoms with Crippen molar-refractivity contribution in [1.82, 2.24) is 20.4 Å². The molecule has 1 amide bonds. The number of hydrogen-bond acceptors (Lipinski definition) is 7. The number of rotatable bonds is 7. The summed E-state index contributed by atoms with van der Waals surface area (Å²) in [4.78, 5) is 19.5. The van der Waals surface area contributed by atoms with Crippen LogP contribution in [-0.2, 0) is 4.74 Å². The topological polar surface area (TPSA) is 93.6 Å². The van der Waals surface area contributed by atoms with Crippen molar-refractivity contribution < 1.29 is 22.9 Å². The van der Waals surface area contributed by atoms with Crippen LogP contribution in [0.5, 0.6) is 0 Å². The van der Waals surface area contributed by atoms with Gasteiger partial charge in [0.2, 0.25) is 5.89 Å².